The lowest BCUT2D eigenvalue weighted by Gasteiger charge is -2.24. The molecule has 6 rings (SSSR count). The molecule has 6 aromatic rings. The summed E-state index contributed by atoms with van der Waals surface area (Å²) in [5.41, 5.74) is 3.82. The van der Waals surface area contributed by atoms with Crippen LogP contribution >= 0.6 is 0 Å². The van der Waals surface area contributed by atoms with E-state index in [4.69, 9.17) is 4.74 Å². The molecule has 0 saturated heterocycles. The van der Waals surface area contributed by atoms with Gasteiger partial charge in [0.2, 0.25) is 0 Å². The number of rotatable bonds is 5. The Hall–Kier alpha value is -4.56. The Morgan fingerprint density at radius 3 is 1.54 bits per heavy atom. The maximum absolute atomic E-state index is 11.2. The van der Waals surface area contributed by atoms with Crippen LogP contribution in [0.3, 0.4) is 0 Å². The topological polar surface area (TPSA) is 29.5 Å². The molecule has 2 nitrogen and oxygen atoms in total. The molecule has 0 aliphatic heterocycles. The molecule has 0 fully saturated rings. The number of fused-ring (bicyclic) bond motifs is 2. The molecule has 168 valence electrons. The Morgan fingerprint density at radius 2 is 0.943 bits per heavy atom. The van der Waals surface area contributed by atoms with Crippen LogP contribution in [0.15, 0.2) is 133 Å². The zero-order chi connectivity index (χ0) is 23.6. The molecule has 0 amide bonds. The fraction of sp³-hybridized carbons (Fsp3) is 0.0303. The van der Waals surface area contributed by atoms with Gasteiger partial charge in [-0.1, -0.05) is 121 Å². The lowest BCUT2D eigenvalue weighted by atomic mass is 9.92. The summed E-state index contributed by atoms with van der Waals surface area (Å²) in [5.74, 6) is 0.967. The van der Waals surface area contributed by atoms with Crippen molar-refractivity contribution < 1.29 is 9.84 Å². The smallest absolute Gasteiger partial charge is 0.149 e. The highest BCUT2D eigenvalue weighted by molar-refractivity contribution is 6.09. The molecule has 0 aliphatic rings. The molecule has 0 spiro atoms. The first kappa shape index (κ1) is 21.0. The van der Waals surface area contributed by atoms with E-state index in [0.29, 0.717) is 0 Å². The Bertz CT molecular complexity index is 1580. The normalized spacial score (nSPS) is 11.2. The summed E-state index contributed by atoms with van der Waals surface area (Å²) in [7, 11) is 0. The molecule has 0 aromatic heterocycles. The van der Waals surface area contributed by atoms with Crippen LogP contribution in [0.2, 0.25) is 0 Å². The van der Waals surface area contributed by atoms with Gasteiger partial charge in [0.1, 0.15) is 17.6 Å². The SMILES string of the molecule is Oc1ccc2ccccc2c1-c1c(OC(c2ccccc2)c2ccccc2)ccc2ccccc12. The maximum atomic E-state index is 11.2. The Labute approximate surface area is 204 Å². The van der Waals surface area contributed by atoms with Crippen LogP contribution in [0.25, 0.3) is 32.7 Å². The second-order valence-electron chi connectivity index (χ2n) is 8.66. The standard InChI is InChI=1S/C33H24O2/c34-29-21-19-23-11-7-9-17-27(23)31(29)32-28-18-10-8-12-24(28)20-22-30(32)35-33(25-13-3-1-4-14-25)26-15-5-2-6-16-26/h1-22,33-34H. The predicted octanol–water partition coefficient (Wildman–Crippen LogP) is 8.53. The van der Waals surface area contributed by atoms with Gasteiger partial charge in [0, 0.05) is 11.1 Å². The fourth-order valence-corrected chi connectivity index (χ4v) is 4.84. The first-order chi connectivity index (χ1) is 17.3. The van der Waals surface area contributed by atoms with Gasteiger partial charge < -0.3 is 9.84 Å². The van der Waals surface area contributed by atoms with Gasteiger partial charge in [-0.3, -0.25) is 0 Å². The van der Waals surface area contributed by atoms with Gasteiger partial charge in [-0.2, -0.15) is 0 Å². The van der Waals surface area contributed by atoms with Gasteiger partial charge in [-0.15, -0.1) is 0 Å². The zero-order valence-corrected chi connectivity index (χ0v) is 19.1. The van der Waals surface area contributed by atoms with Crippen LogP contribution < -0.4 is 4.74 Å². The Morgan fingerprint density at radius 1 is 0.457 bits per heavy atom. The van der Waals surface area contributed by atoms with Crippen molar-refractivity contribution in [1.29, 1.82) is 0 Å². The van der Waals surface area contributed by atoms with Crippen molar-refractivity contribution in [3.63, 3.8) is 0 Å². The average molecular weight is 453 g/mol. The van der Waals surface area contributed by atoms with Gasteiger partial charge >= 0.3 is 0 Å². The number of hydrogen-bond acceptors (Lipinski definition) is 2. The molecular weight excluding hydrogens is 428 g/mol. The maximum Gasteiger partial charge on any atom is 0.149 e. The lowest BCUT2D eigenvalue weighted by molar-refractivity contribution is 0.248. The highest BCUT2D eigenvalue weighted by Gasteiger charge is 2.22. The molecule has 0 bridgehead atoms. The molecule has 35 heavy (non-hydrogen) atoms. The minimum Gasteiger partial charge on any atom is -0.507 e. The second-order valence-corrected chi connectivity index (χ2v) is 8.66. The van der Waals surface area contributed by atoms with Crippen LogP contribution in [0.4, 0.5) is 0 Å². The molecule has 1 N–H and O–H groups in total. The van der Waals surface area contributed by atoms with Crippen LogP contribution in [-0.2, 0) is 0 Å². The van der Waals surface area contributed by atoms with Gasteiger partial charge in [-0.25, -0.2) is 0 Å². The van der Waals surface area contributed by atoms with Crippen molar-refractivity contribution in [1.82, 2.24) is 0 Å². The van der Waals surface area contributed by atoms with E-state index >= 15 is 0 Å². The van der Waals surface area contributed by atoms with Gasteiger partial charge in [0.05, 0.1) is 0 Å². The lowest BCUT2D eigenvalue weighted by Crippen LogP contribution is -2.10. The average Bonchev–Trinajstić information content (AvgIpc) is 2.93. The molecule has 0 unspecified atom stereocenters. The molecular formula is C33H24O2. The van der Waals surface area contributed by atoms with Crippen molar-refractivity contribution in [3.05, 3.63) is 145 Å². The number of phenolic OH excluding ortho intramolecular Hbond substituents is 1. The molecule has 0 radical (unpaired) electrons. The number of benzene rings is 6. The third-order valence-corrected chi connectivity index (χ3v) is 6.50. The van der Waals surface area contributed by atoms with E-state index in [2.05, 4.69) is 54.6 Å². The largest absolute Gasteiger partial charge is 0.507 e. The number of phenols is 1. The van der Waals surface area contributed by atoms with Crippen molar-refractivity contribution in [3.8, 4) is 22.6 Å². The van der Waals surface area contributed by atoms with E-state index in [0.717, 1.165) is 49.5 Å². The molecule has 0 heterocycles. The third-order valence-electron chi connectivity index (χ3n) is 6.50. The van der Waals surface area contributed by atoms with Gasteiger partial charge in [0.25, 0.3) is 0 Å². The van der Waals surface area contributed by atoms with Crippen LogP contribution in [0.5, 0.6) is 11.5 Å². The van der Waals surface area contributed by atoms with E-state index in [1.54, 1.807) is 6.07 Å². The minimum atomic E-state index is -0.297. The second kappa shape index (κ2) is 9.00. The molecule has 0 atom stereocenters. The zero-order valence-electron chi connectivity index (χ0n) is 19.1. The van der Waals surface area contributed by atoms with E-state index in [-0.39, 0.29) is 11.9 Å². The number of aromatic hydroxyl groups is 1. The van der Waals surface area contributed by atoms with E-state index in [1.807, 2.05) is 72.8 Å². The van der Waals surface area contributed by atoms with E-state index in [1.165, 1.54) is 0 Å². The van der Waals surface area contributed by atoms with Gasteiger partial charge in [0.15, 0.2) is 0 Å². The first-order valence-corrected chi connectivity index (χ1v) is 11.8. The fourth-order valence-electron chi connectivity index (χ4n) is 4.84. The molecule has 2 heteroatoms. The van der Waals surface area contributed by atoms with E-state index in [9.17, 15) is 5.11 Å². The van der Waals surface area contributed by atoms with Crippen molar-refractivity contribution in [2.24, 2.45) is 0 Å². The van der Waals surface area contributed by atoms with E-state index < -0.39 is 0 Å². The van der Waals surface area contributed by atoms with Gasteiger partial charge in [-0.05, 0) is 44.8 Å². The monoisotopic (exact) mass is 452 g/mol. The summed E-state index contributed by atoms with van der Waals surface area (Å²) < 4.78 is 6.87. The summed E-state index contributed by atoms with van der Waals surface area (Å²) in [6, 6.07) is 44.8. The van der Waals surface area contributed by atoms with Crippen LogP contribution in [0, 0.1) is 0 Å². The third kappa shape index (κ3) is 3.89. The first-order valence-electron chi connectivity index (χ1n) is 11.8. The van der Waals surface area contributed by atoms with Crippen LogP contribution in [0.1, 0.15) is 17.2 Å². The minimum absolute atomic E-state index is 0.237. The summed E-state index contributed by atoms with van der Waals surface area (Å²) >= 11 is 0. The Kier molecular flexibility index (Phi) is 5.40. The quantitative estimate of drug-likeness (QED) is 0.284. The Balaban J connectivity index is 1.62. The predicted molar refractivity (Wildman–Crippen MR) is 144 cm³/mol. The number of hydrogen-bond donors (Lipinski definition) is 1. The molecule has 0 aliphatic carbocycles. The summed E-state index contributed by atoms with van der Waals surface area (Å²) in [6.45, 7) is 0. The number of ether oxygens (including phenoxy) is 1. The van der Waals surface area contributed by atoms with Crippen molar-refractivity contribution >= 4 is 21.5 Å². The van der Waals surface area contributed by atoms with Crippen molar-refractivity contribution in [2.75, 3.05) is 0 Å². The van der Waals surface area contributed by atoms with Crippen LogP contribution in [-0.4, -0.2) is 5.11 Å². The summed E-state index contributed by atoms with van der Waals surface area (Å²) in [6.07, 6.45) is -0.297. The summed E-state index contributed by atoms with van der Waals surface area (Å²) in [4.78, 5) is 0. The molecule has 6 aromatic carbocycles. The van der Waals surface area contributed by atoms with Crippen molar-refractivity contribution in [2.45, 2.75) is 6.10 Å². The highest BCUT2D eigenvalue weighted by Crippen LogP contribution is 2.46. The highest BCUT2D eigenvalue weighted by atomic mass is 16.5. The summed E-state index contributed by atoms with van der Waals surface area (Å²) in [5, 5.41) is 15.4. The molecule has 0 saturated carbocycles.